The van der Waals surface area contributed by atoms with Gasteiger partial charge in [-0.05, 0) is 54.1 Å². The third kappa shape index (κ3) is 5.87. The number of benzene rings is 3. The van der Waals surface area contributed by atoms with Gasteiger partial charge in [0.25, 0.3) is 5.91 Å². The Morgan fingerprint density at radius 3 is 2.26 bits per heavy atom. The second-order valence-corrected chi connectivity index (χ2v) is 9.27. The van der Waals surface area contributed by atoms with Crippen LogP contribution in [0.1, 0.15) is 27.6 Å². The number of aliphatic carboxylic acids is 1. The quantitative estimate of drug-likeness (QED) is 0.394. The Morgan fingerprint density at radius 1 is 0.971 bits per heavy atom. The molecular weight excluding hydrogens is 452 g/mol. The zero-order valence-corrected chi connectivity index (χ0v) is 19.0. The summed E-state index contributed by atoms with van der Waals surface area (Å²) < 4.78 is 13.1. The molecule has 3 aromatic rings. The molecule has 0 aromatic heterocycles. The van der Waals surface area contributed by atoms with E-state index in [1.165, 1.54) is 0 Å². The number of carboxylic acids is 1. The topological polar surface area (TPSA) is 120 Å². The first-order valence-electron chi connectivity index (χ1n) is 10.7. The number of hydrogen-bond acceptors (Lipinski definition) is 6. The lowest BCUT2D eigenvalue weighted by molar-refractivity contribution is -0.137. The zero-order chi connectivity index (χ0) is 23.9. The van der Waals surface area contributed by atoms with Crippen LogP contribution in [0.2, 0.25) is 0 Å². The molecule has 2 atom stereocenters. The smallest absolute Gasteiger partial charge is 0.304 e. The number of nitrogens with one attached hydrogen (secondary N) is 3. The summed E-state index contributed by atoms with van der Waals surface area (Å²) in [6.45, 7) is 1.54. The molecule has 1 heterocycles. The van der Waals surface area contributed by atoms with Gasteiger partial charge in [-0.3, -0.25) is 18.8 Å². The van der Waals surface area contributed by atoms with E-state index in [2.05, 4.69) is 20.9 Å². The molecule has 1 unspecified atom stereocenters. The van der Waals surface area contributed by atoms with Gasteiger partial charge in [-0.2, -0.15) is 0 Å². The second-order valence-electron chi connectivity index (χ2n) is 7.63. The maximum atomic E-state index is 13.1. The van der Waals surface area contributed by atoms with Crippen LogP contribution in [0.25, 0.3) is 0 Å². The predicted octanol–water partition coefficient (Wildman–Crippen LogP) is 3.63. The average Bonchev–Trinajstić information content (AvgIpc) is 3.36. The molecule has 1 aliphatic rings. The Labute approximate surface area is 199 Å². The lowest BCUT2D eigenvalue weighted by Crippen LogP contribution is -2.26. The number of carboxylic acid groups (broad SMARTS) is 1. The molecule has 0 fully saturated rings. The van der Waals surface area contributed by atoms with E-state index in [9.17, 15) is 18.9 Å². The fourth-order valence-corrected chi connectivity index (χ4v) is 4.94. The van der Waals surface area contributed by atoms with Gasteiger partial charge in [0.1, 0.15) is 0 Å². The number of carbonyl (C=O) groups is 2. The van der Waals surface area contributed by atoms with Crippen LogP contribution in [-0.4, -0.2) is 40.2 Å². The highest BCUT2D eigenvalue weighted by Crippen LogP contribution is 2.29. The number of guanidine groups is 1. The van der Waals surface area contributed by atoms with Gasteiger partial charge in [0.15, 0.2) is 5.96 Å². The van der Waals surface area contributed by atoms with Gasteiger partial charge in [0.05, 0.1) is 29.0 Å². The summed E-state index contributed by atoms with van der Waals surface area (Å²) in [7, 11) is -1.57. The van der Waals surface area contributed by atoms with Crippen molar-refractivity contribution in [1.29, 1.82) is 0 Å². The van der Waals surface area contributed by atoms with Crippen LogP contribution < -0.4 is 16.0 Å². The highest BCUT2D eigenvalue weighted by Gasteiger charge is 2.23. The highest BCUT2D eigenvalue weighted by molar-refractivity contribution is 7.85. The van der Waals surface area contributed by atoms with Crippen LogP contribution in [0, 0.1) is 0 Å². The molecule has 1 aliphatic heterocycles. The number of amides is 1. The van der Waals surface area contributed by atoms with Crippen LogP contribution in [-0.2, 0) is 15.6 Å². The van der Waals surface area contributed by atoms with E-state index in [1.54, 1.807) is 72.8 Å². The Morgan fingerprint density at radius 2 is 1.65 bits per heavy atom. The third-order valence-electron chi connectivity index (χ3n) is 5.22. The molecule has 8 nitrogen and oxygen atoms in total. The molecule has 0 aliphatic carbocycles. The molecule has 0 saturated carbocycles. The van der Waals surface area contributed by atoms with Gasteiger partial charge in [0, 0.05) is 28.4 Å². The van der Waals surface area contributed by atoms with Gasteiger partial charge < -0.3 is 21.1 Å². The molecule has 4 rings (SSSR count). The van der Waals surface area contributed by atoms with Gasteiger partial charge >= 0.3 is 5.97 Å². The molecule has 3 aromatic carbocycles. The monoisotopic (exact) mass is 476 g/mol. The van der Waals surface area contributed by atoms with E-state index in [1.807, 2.05) is 6.07 Å². The lowest BCUT2D eigenvalue weighted by Gasteiger charge is -2.15. The minimum Gasteiger partial charge on any atom is -0.481 e. The summed E-state index contributed by atoms with van der Waals surface area (Å²) in [5, 5.41) is 17.7. The van der Waals surface area contributed by atoms with Gasteiger partial charge in [-0.15, -0.1) is 0 Å². The maximum absolute atomic E-state index is 13.1. The van der Waals surface area contributed by atoms with Crippen molar-refractivity contribution in [3.63, 3.8) is 0 Å². The van der Waals surface area contributed by atoms with Crippen LogP contribution in [0.15, 0.2) is 88.8 Å². The summed E-state index contributed by atoms with van der Waals surface area (Å²) in [4.78, 5) is 28.7. The number of anilines is 2. The fourth-order valence-electron chi connectivity index (χ4n) is 3.51. The Kier molecular flexibility index (Phi) is 7.34. The van der Waals surface area contributed by atoms with Gasteiger partial charge in [-0.25, -0.2) is 0 Å². The SMILES string of the molecule is O=C(O)C[C@@H](c1ccccc1)S(=O)c1ccc(NC(=O)c2ccc(NC3=NCCN3)cc2)cc1. The molecular formula is C25H24N4O4S. The largest absolute Gasteiger partial charge is 0.481 e. The summed E-state index contributed by atoms with van der Waals surface area (Å²) in [5.74, 6) is -0.572. The van der Waals surface area contributed by atoms with Crippen molar-refractivity contribution in [2.75, 3.05) is 23.7 Å². The molecule has 4 N–H and O–H groups in total. The van der Waals surface area contributed by atoms with Gasteiger partial charge in [-0.1, -0.05) is 30.3 Å². The van der Waals surface area contributed by atoms with Crippen molar-refractivity contribution in [3.8, 4) is 0 Å². The van der Waals surface area contributed by atoms with Crippen LogP contribution in [0.5, 0.6) is 0 Å². The Bertz CT molecular complexity index is 1210. The minimum atomic E-state index is -1.57. The van der Waals surface area contributed by atoms with Crippen molar-refractivity contribution >= 4 is 40.0 Å². The third-order valence-corrected chi connectivity index (χ3v) is 6.91. The van der Waals surface area contributed by atoms with Crippen molar-refractivity contribution in [1.82, 2.24) is 5.32 Å². The van der Waals surface area contributed by atoms with Crippen molar-refractivity contribution in [2.45, 2.75) is 16.6 Å². The van der Waals surface area contributed by atoms with Gasteiger partial charge in [0.2, 0.25) is 0 Å². The second kappa shape index (κ2) is 10.8. The summed E-state index contributed by atoms with van der Waals surface area (Å²) >= 11 is 0. The normalized spacial score (nSPS) is 14.4. The maximum Gasteiger partial charge on any atom is 0.304 e. The molecule has 1 amide bonds. The van der Waals surface area contributed by atoms with E-state index in [4.69, 9.17) is 0 Å². The number of nitrogens with zero attached hydrogens (tertiary/aromatic N) is 1. The first-order chi connectivity index (χ1) is 16.5. The van der Waals surface area contributed by atoms with Crippen LogP contribution in [0.3, 0.4) is 0 Å². The molecule has 34 heavy (non-hydrogen) atoms. The first kappa shape index (κ1) is 23.2. The minimum absolute atomic E-state index is 0.247. The Balaban J connectivity index is 1.41. The highest BCUT2D eigenvalue weighted by atomic mass is 32.2. The van der Waals surface area contributed by atoms with Crippen molar-refractivity contribution < 1.29 is 18.9 Å². The fraction of sp³-hybridized carbons (Fsp3) is 0.160. The molecule has 174 valence electrons. The number of aliphatic imine (C=N–C) groups is 1. The number of hydrogen-bond donors (Lipinski definition) is 4. The first-order valence-corrected chi connectivity index (χ1v) is 11.9. The number of carbonyl (C=O) groups excluding carboxylic acids is 1. The average molecular weight is 477 g/mol. The van der Waals surface area contributed by atoms with Crippen molar-refractivity contribution in [2.24, 2.45) is 4.99 Å². The molecule has 0 bridgehead atoms. The van der Waals surface area contributed by atoms with Crippen molar-refractivity contribution in [3.05, 3.63) is 90.0 Å². The molecule has 9 heteroatoms. The summed E-state index contributed by atoms with van der Waals surface area (Å²) in [6, 6.07) is 22.6. The summed E-state index contributed by atoms with van der Waals surface area (Å²) in [5.41, 5.74) is 2.57. The van der Waals surface area contributed by atoms with E-state index < -0.39 is 22.0 Å². The van der Waals surface area contributed by atoms with E-state index in [-0.39, 0.29) is 12.3 Å². The number of rotatable bonds is 8. The molecule has 0 saturated heterocycles. The standard InChI is InChI=1S/C25H24N4O4S/c30-23(31)16-22(17-4-2-1-3-5-17)34(33)21-12-10-19(11-13-21)28-24(32)18-6-8-20(9-7-18)29-25-26-14-15-27-25/h1-13,22H,14-16H2,(H,28,32)(H,30,31)(H2,26,27,29)/t22-,34?/m0/s1. The van der Waals surface area contributed by atoms with E-state index in [0.29, 0.717) is 27.7 Å². The summed E-state index contributed by atoms with van der Waals surface area (Å²) in [6.07, 6.45) is -0.247. The lowest BCUT2D eigenvalue weighted by atomic mass is 10.1. The van der Waals surface area contributed by atoms with Crippen LogP contribution in [0.4, 0.5) is 11.4 Å². The van der Waals surface area contributed by atoms with E-state index in [0.717, 1.165) is 18.8 Å². The molecule has 0 radical (unpaired) electrons. The predicted molar refractivity (Wildman–Crippen MR) is 133 cm³/mol. The van der Waals surface area contributed by atoms with Crippen LogP contribution >= 0.6 is 0 Å². The zero-order valence-electron chi connectivity index (χ0n) is 18.2. The van der Waals surface area contributed by atoms with E-state index >= 15 is 0 Å². The molecule has 0 spiro atoms. The Hall–Kier alpha value is -3.98.